The van der Waals surface area contributed by atoms with Crippen LogP contribution in [0.5, 0.6) is 11.5 Å². The van der Waals surface area contributed by atoms with Crippen molar-refractivity contribution in [2.24, 2.45) is 0 Å². The summed E-state index contributed by atoms with van der Waals surface area (Å²) in [6.07, 6.45) is -6.83. The number of aromatic hydroxyl groups is 2. The van der Waals surface area contributed by atoms with Gasteiger partial charge in [0.1, 0.15) is 12.2 Å². The van der Waals surface area contributed by atoms with Gasteiger partial charge in [0.25, 0.3) is 5.60 Å². The number of hydrogen-bond donors (Lipinski definition) is 8. The summed E-state index contributed by atoms with van der Waals surface area (Å²) < 4.78 is 0. The lowest BCUT2D eigenvalue weighted by atomic mass is 9.86. The fourth-order valence-electron chi connectivity index (χ4n) is 1.89. The predicted molar refractivity (Wildman–Crippen MR) is 82.1 cm³/mol. The maximum absolute atomic E-state index is 12.0. The zero-order valence-corrected chi connectivity index (χ0v) is 12.9. The van der Waals surface area contributed by atoms with Gasteiger partial charge in [-0.2, -0.15) is 0 Å². The topological polar surface area (TPSA) is 213 Å². The number of benzene rings is 1. The molecule has 0 aliphatic heterocycles. The summed E-state index contributed by atoms with van der Waals surface area (Å²) in [5.41, 5.74) is -3.56. The van der Waals surface area contributed by atoms with E-state index in [9.17, 15) is 34.8 Å². The van der Waals surface area contributed by atoms with Crippen LogP contribution in [0.3, 0.4) is 0 Å². The largest absolute Gasteiger partial charge is 0.504 e. The van der Waals surface area contributed by atoms with E-state index in [1.165, 1.54) is 6.07 Å². The number of carboxylic acids is 2. The molecule has 0 aromatic heterocycles. The lowest BCUT2D eigenvalue weighted by Crippen LogP contribution is -2.62. The summed E-state index contributed by atoms with van der Waals surface area (Å²) in [4.78, 5) is 33.9. The van der Waals surface area contributed by atoms with Crippen LogP contribution in [0.15, 0.2) is 24.3 Å². The van der Waals surface area contributed by atoms with Gasteiger partial charge in [-0.15, -0.1) is 0 Å². The molecule has 142 valence electrons. The lowest BCUT2D eigenvalue weighted by Gasteiger charge is -2.30. The molecule has 0 amide bonds. The molecule has 0 aliphatic rings. The van der Waals surface area contributed by atoms with Crippen molar-refractivity contribution in [1.29, 1.82) is 0 Å². The molecule has 1 rings (SSSR count). The Morgan fingerprint density at radius 3 is 2.04 bits per heavy atom. The van der Waals surface area contributed by atoms with Crippen molar-refractivity contribution < 1.29 is 55.2 Å². The van der Waals surface area contributed by atoms with Gasteiger partial charge in [0.15, 0.2) is 17.6 Å². The summed E-state index contributed by atoms with van der Waals surface area (Å²) in [7, 11) is 0. The molecular formula is C15H16O11. The number of hydrogen-bond acceptors (Lipinski definition) is 9. The molecule has 8 N–H and O–H groups in total. The fourth-order valence-corrected chi connectivity index (χ4v) is 1.89. The minimum atomic E-state index is -3.66. The van der Waals surface area contributed by atoms with Crippen LogP contribution in [0.25, 0.3) is 6.08 Å². The summed E-state index contributed by atoms with van der Waals surface area (Å²) in [6, 6.07) is 3.28. The maximum atomic E-state index is 12.0. The number of phenols is 2. The number of rotatable bonds is 8. The van der Waals surface area contributed by atoms with Crippen molar-refractivity contribution >= 4 is 23.8 Å². The molecule has 1 aromatic carbocycles. The molecule has 0 bridgehead atoms. The second-order valence-corrected chi connectivity index (χ2v) is 5.24. The quantitative estimate of drug-likeness (QED) is 0.137. The Kier molecular flexibility index (Phi) is 6.42. The minimum absolute atomic E-state index is 0.0991. The number of aliphatic hydroxyl groups is 4. The molecule has 0 saturated heterocycles. The number of phenolic OH excluding ortho intramolecular Hbond substituents is 2. The molecule has 0 fully saturated rings. The second-order valence-electron chi connectivity index (χ2n) is 5.24. The van der Waals surface area contributed by atoms with E-state index in [0.29, 0.717) is 6.08 Å². The average molecular weight is 372 g/mol. The molecule has 26 heavy (non-hydrogen) atoms. The van der Waals surface area contributed by atoms with E-state index < -0.39 is 53.1 Å². The fraction of sp³-hybridized carbons (Fsp3) is 0.267. The van der Waals surface area contributed by atoms with E-state index in [0.717, 1.165) is 18.2 Å². The smallest absolute Gasteiger partial charge is 0.346 e. The summed E-state index contributed by atoms with van der Waals surface area (Å²) in [6.45, 7) is 0. The van der Waals surface area contributed by atoms with E-state index in [1.54, 1.807) is 0 Å². The highest BCUT2D eigenvalue weighted by Crippen LogP contribution is 2.26. The van der Waals surface area contributed by atoms with E-state index >= 15 is 0 Å². The van der Waals surface area contributed by atoms with Crippen molar-refractivity contribution in [1.82, 2.24) is 0 Å². The van der Waals surface area contributed by atoms with Gasteiger partial charge in [0, 0.05) is 0 Å². The maximum Gasteiger partial charge on any atom is 0.346 e. The highest BCUT2D eigenvalue weighted by Gasteiger charge is 2.54. The van der Waals surface area contributed by atoms with E-state index in [2.05, 4.69) is 0 Å². The molecule has 0 saturated carbocycles. The zero-order chi connectivity index (χ0) is 20.2. The van der Waals surface area contributed by atoms with Gasteiger partial charge in [-0.1, -0.05) is 12.1 Å². The Hall–Kier alpha value is -2.99. The first kappa shape index (κ1) is 21.1. The Balaban J connectivity index is 3.15. The minimum Gasteiger partial charge on any atom is -0.504 e. The molecule has 11 heteroatoms. The Labute approximate surface area is 145 Å². The number of carbonyl (C=O) groups is 3. The van der Waals surface area contributed by atoms with Gasteiger partial charge >= 0.3 is 11.9 Å². The van der Waals surface area contributed by atoms with Crippen molar-refractivity contribution in [3.63, 3.8) is 0 Å². The molecule has 0 unspecified atom stereocenters. The van der Waals surface area contributed by atoms with Crippen LogP contribution >= 0.6 is 0 Å². The summed E-state index contributed by atoms with van der Waals surface area (Å²) in [5.74, 6) is -6.98. The van der Waals surface area contributed by atoms with Gasteiger partial charge < -0.3 is 40.9 Å². The van der Waals surface area contributed by atoms with Crippen LogP contribution < -0.4 is 0 Å². The first-order valence-electron chi connectivity index (χ1n) is 6.90. The normalized spacial score (nSPS) is 17.2. The van der Waals surface area contributed by atoms with Crippen LogP contribution in [0.4, 0.5) is 0 Å². The van der Waals surface area contributed by atoms with Crippen molar-refractivity contribution in [3.05, 3.63) is 29.8 Å². The highest BCUT2D eigenvalue weighted by atomic mass is 16.4. The first-order chi connectivity index (χ1) is 11.9. The SMILES string of the molecule is O=C(O)[C@@H](O)[C@H](O)[C@H](O)[C@@](O)(C(=O)O)C(=O)/C=C/c1ccc(O)c(O)c1. The van der Waals surface area contributed by atoms with Crippen molar-refractivity contribution in [2.75, 3.05) is 0 Å². The lowest BCUT2D eigenvalue weighted by molar-refractivity contribution is -0.194. The van der Waals surface area contributed by atoms with Crippen LogP contribution in [-0.2, 0) is 14.4 Å². The van der Waals surface area contributed by atoms with Crippen LogP contribution in [0.2, 0.25) is 0 Å². The van der Waals surface area contributed by atoms with Gasteiger partial charge in [-0.3, -0.25) is 4.79 Å². The Morgan fingerprint density at radius 1 is 1.00 bits per heavy atom. The zero-order valence-electron chi connectivity index (χ0n) is 12.9. The Bertz CT molecular complexity index is 741. The third kappa shape index (κ3) is 4.15. The van der Waals surface area contributed by atoms with Crippen molar-refractivity contribution in [2.45, 2.75) is 23.9 Å². The average Bonchev–Trinajstić information content (AvgIpc) is 2.59. The predicted octanol–water partition coefficient (Wildman–Crippen LogP) is -2.34. The number of carbonyl (C=O) groups excluding carboxylic acids is 1. The molecular weight excluding hydrogens is 356 g/mol. The number of ketones is 1. The standard InChI is InChI=1S/C15H16O11/c16-7-3-1-6(5-8(7)17)2-4-9(18)15(26,14(24)25)12(21)10(19)11(20)13(22)23/h1-5,10-12,16-17,19-21,26H,(H,22,23)(H,24,25)/b4-2+/t10-,11-,12-,15+/m0/s1. The van der Waals surface area contributed by atoms with Crippen LogP contribution in [0.1, 0.15) is 5.56 Å². The summed E-state index contributed by atoms with van der Waals surface area (Å²) >= 11 is 0. The van der Waals surface area contributed by atoms with E-state index in [4.69, 9.17) is 20.4 Å². The number of carboxylic acid groups (broad SMARTS) is 2. The van der Waals surface area contributed by atoms with E-state index in [-0.39, 0.29) is 5.56 Å². The molecule has 0 radical (unpaired) electrons. The molecule has 0 heterocycles. The number of aliphatic hydroxyl groups excluding tert-OH is 3. The first-order valence-corrected chi connectivity index (χ1v) is 6.90. The number of aliphatic carboxylic acids is 2. The van der Waals surface area contributed by atoms with Gasteiger partial charge in [0.05, 0.1) is 0 Å². The van der Waals surface area contributed by atoms with Crippen molar-refractivity contribution in [3.8, 4) is 11.5 Å². The van der Waals surface area contributed by atoms with Crippen LogP contribution in [0, 0.1) is 0 Å². The molecule has 11 nitrogen and oxygen atoms in total. The van der Waals surface area contributed by atoms with Gasteiger partial charge in [-0.25, -0.2) is 9.59 Å². The third-order valence-corrected chi connectivity index (χ3v) is 3.46. The monoisotopic (exact) mass is 372 g/mol. The summed E-state index contributed by atoms with van der Waals surface area (Å²) in [5, 5.41) is 74.5. The highest BCUT2D eigenvalue weighted by molar-refractivity contribution is 6.13. The van der Waals surface area contributed by atoms with Crippen LogP contribution in [-0.4, -0.2) is 82.5 Å². The Morgan fingerprint density at radius 2 is 1.58 bits per heavy atom. The third-order valence-electron chi connectivity index (χ3n) is 3.46. The van der Waals surface area contributed by atoms with Gasteiger partial charge in [0.2, 0.25) is 5.78 Å². The molecule has 0 aliphatic carbocycles. The van der Waals surface area contributed by atoms with Gasteiger partial charge in [-0.05, 0) is 23.8 Å². The second kappa shape index (κ2) is 7.93. The molecule has 4 atom stereocenters. The van der Waals surface area contributed by atoms with E-state index in [1.807, 2.05) is 0 Å². The molecule has 0 spiro atoms. The molecule has 1 aromatic rings.